The van der Waals surface area contributed by atoms with Crippen molar-refractivity contribution in [2.24, 2.45) is 10.2 Å². The molecule has 108 valence electrons. The van der Waals surface area contributed by atoms with Gasteiger partial charge in [0.2, 0.25) is 0 Å². The summed E-state index contributed by atoms with van der Waals surface area (Å²) in [4.78, 5) is 0. The first-order chi connectivity index (χ1) is 10.4. The molecule has 0 aliphatic carbocycles. The summed E-state index contributed by atoms with van der Waals surface area (Å²) in [6, 6.07) is 19.8. The molecule has 0 amide bonds. The monoisotopic (exact) mass is 298 g/mol. The minimum Gasteiger partial charge on any atom is -0.279 e. The predicted octanol–water partition coefficient (Wildman–Crippen LogP) is 3.92. The van der Waals surface area contributed by atoms with Crippen LogP contribution in [0.3, 0.4) is 0 Å². The highest BCUT2D eigenvalue weighted by molar-refractivity contribution is 8.00. The molecule has 2 N–H and O–H groups in total. The molecule has 0 aliphatic heterocycles. The Labute approximate surface area is 129 Å². The number of para-hydroxylation sites is 2. The van der Waals surface area contributed by atoms with E-state index in [4.69, 9.17) is 0 Å². The van der Waals surface area contributed by atoms with E-state index in [1.54, 1.807) is 11.8 Å². The van der Waals surface area contributed by atoms with E-state index in [2.05, 4.69) is 21.1 Å². The van der Waals surface area contributed by atoms with Crippen LogP contribution in [0.5, 0.6) is 0 Å². The maximum atomic E-state index is 4.15. The van der Waals surface area contributed by atoms with Crippen molar-refractivity contribution in [3.05, 3.63) is 60.7 Å². The number of nitrogens with zero attached hydrogens (tertiary/aromatic N) is 2. The summed E-state index contributed by atoms with van der Waals surface area (Å²) in [6.45, 7) is 0. The SMILES string of the molecule is C(/CSC/C=N/Nc1ccccc1)=N\Nc1ccccc1. The van der Waals surface area contributed by atoms with Crippen molar-refractivity contribution in [3.8, 4) is 0 Å². The fraction of sp³-hybridized carbons (Fsp3) is 0.125. The molecule has 0 radical (unpaired) electrons. The highest BCUT2D eigenvalue weighted by atomic mass is 32.2. The summed E-state index contributed by atoms with van der Waals surface area (Å²) in [5, 5.41) is 8.30. The van der Waals surface area contributed by atoms with Crippen molar-refractivity contribution < 1.29 is 0 Å². The maximum absolute atomic E-state index is 4.15. The van der Waals surface area contributed by atoms with Gasteiger partial charge in [0.25, 0.3) is 0 Å². The molecular weight excluding hydrogens is 280 g/mol. The van der Waals surface area contributed by atoms with E-state index in [0.29, 0.717) is 0 Å². The number of hydrazone groups is 2. The average Bonchev–Trinajstić information content (AvgIpc) is 2.55. The number of benzene rings is 2. The number of hydrogen-bond acceptors (Lipinski definition) is 5. The Kier molecular flexibility index (Phi) is 6.92. The summed E-state index contributed by atoms with van der Waals surface area (Å²) in [5.74, 6) is 1.69. The number of anilines is 2. The van der Waals surface area contributed by atoms with Gasteiger partial charge in [0.05, 0.1) is 11.4 Å². The zero-order valence-corrected chi connectivity index (χ0v) is 12.5. The Hall–Kier alpha value is -2.27. The lowest BCUT2D eigenvalue weighted by molar-refractivity contribution is 1.35. The first-order valence-corrected chi connectivity index (χ1v) is 7.83. The van der Waals surface area contributed by atoms with Crippen LogP contribution < -0.4 is 10.9 Å². The van der Waals surface area contributed by atoms with Crippen molar-refractivity contribution in [1.82, 2.24) is 0 Å². The maximum Gasteiger partial charge on any atom is 0.0561 e. The van der Waals surface area contributed by atoms with E-state index in [-0.39, 0.29) is 0 Å². The lowest BCUT2D eigenvalue weighted by Crippen LogP contribution is -1.93. The highest BCUT2D eigenvalue weighted by Crippen LogP contribution is 2.05. The zero-order chi connectivity index (χ0) is 14.6. The van der Waals surface area contributed by atoms with Gasteiger partial charge in [-0.3, -0.25) is 10.9 Å². The Morgan fingerprint density at radius 1 is 0.714 bits per heavy atom. The minimum absolute atomic E-state index is 0.844. The number of thioether (sulfide) groups is 1. The van der Waals surface area contributed by atoms with E-state index in [1.807, 2.05) is 73.1 Å². The summed E-state index contributed by atoms with van der Waals surface area (Å²) < 4.78 is 0. The van der Waals surface area contributed by atoms with E-state index in [1.165, 1.54) is 0 Å². The van der Waals surface area contributed by atoms with Crippen LogP contribution in [0.15, 0.2) is 70.9 Å². The molecule has 2 aromatic rings. The van der Waals surface area contributed by atoms with Gasteiger partial charge in [0.1, 0.15) is 0 Å². The average molecular weight is 298 g/mol. The molecule has 2 aromatic carbocycles. The number of hydrogen-bond donors (Lipinski definition) is 2. The van der Waals surface area contributed by atoms with E-state index in [9.17, 15) is 0 Å². The molecule has 5 heteroatoms. The number of rotatable bonds is 8. The van der Waals surface area contributed by atoms with Gasteiger partial charge in [0, 0.05) is 23.9 Å². The van der Waals surface area contributed by atoms with Crippen LogP contribution in [0.2, 0.25) is 0 Å². The van der Waals surface area contributed by atoms with E-state index >= 15 is 0 Å². The quantitative estimate of drug-likeness (QED) is 0.441. The lowest BCUT2D eigenvalue weighted by Gasteiger charge is -1.98. The second-order valence-corrected chi connectivity index (χ2v) is 5.19. The smallest absolute Gasteiger partial charge is 0.0561 e. The second kappa shape index (κ2) is 9.61. The topological polar surface area (TPSA) is 48.8 Å². The van der Waals surface area contributed by atoms with Crippen LogP contribution in [-0.4, -0.2) is 23.9 Å². The van der Waals surface area contributed by atoms with Crippen LogP contribution >= 0.6 is 11.8 Å². The Bertz CT molecular complexity index is 504. The van der Waals surface area contributed by atoms with Crippen molar-refractivity contribution in [3.63, 3.8) is 0 Å². The fourth-order valence-electron chi connectivity index (χ4n) is 1.51. The van der Waals surface area contributed by atoms with Gasteiger partial charge < -0.3 is 0 Å². The first-order valence-electron chi connectivity index (χ1n) is 6.68. The molecule has 0 fully saturated rings. The van der Waals surface area contributed by atoms with Crippen molar-refractivity contribution in [2.45, 2.75) is 0 Å². The molecule has 0 aliphatic rings. The van der Waals surface area contributed by atoms with Crippen LogP contribution in [0.4, 0.5) is 11.4 Å². The lowest BCUT2D eigenvalue weighted by atomic mass is 10.3. The van der Waals surface area contributed by atoms with Gasteiger partial charge in [-0.2, -0.15) is 22.0 Å². The molecule has 4 nitrogen and oxygen atoms in total. The summed E-state index contributed by atoms with van der Waals surface area (Å²) in [6.07, 6.45) is 3.71. The predicted molar refractivity (Wildman–Crippen MR) is 94.4 cm³/mol. The van der Waals surface area contributed by atoms with Gasteiger partial charge in [-0.15, -0.1) is 0 Å². The number of nitrogens with one attached hydrogen (secondary N) is 2. The molecule has 0 saturated heterocycles. The summed E-state index contributed by atoms with van der Waals surface area (Å²) in [5.41, 5.74) is 7.94. The fourth-order valence-corrected chi connectivity index (χ4v) is 2.01. The summed E-state index contributed by atoms with van der Waals surface area (Å²) >= 11 is 1.74. The first kappa shape index (κ1) is 15.1. The van der Waals surface area contributed by atoms with Crippen molar-refractivity contribution in [2.75, 3.05) is 22.4 Å². The zero-order valence-electron chi connectivity index (χ0n) is 11.6. The third-order valence-corrected chi connectivity index (χ3v) is 3.27. The van der Waals surface area contributed by atoms with Crippen molar-refractivity contribution >= 4 is 35.6 Å². The van der Waals surface area contributed by atoms with Gasteiger partial charge >= 0.3 is 0 Å². The van der Waals surface area contributed by atoms with Gasteiger partial charge in [-0.1, -0.05) is 36.4 Å². The largest absolute Gasteiger partial charge is 0.279 e. The molecule has 0 heterocycles. The molecular formula is C16H18N4S. The normalized spacial score (nSPS) is 11.0. The molecule has 21 heavy (non-hydrogen) atoms. The molecule has 2 rings (SSSR count). The van der Waals surface area contributed by atoms with Crippen LogP contribution in [0, 0.1) is 0 Å². The molecule has 0 aromatic heterocycles. The standard InChI is InChI=1S/C16H18N4S/c1-3-7-15(8-4-1)19-17-11-13-21-14-12-18-20-16-9-5-2-6-10-16/h1-12,19-20H,13-14H2/b17-11+,18-12+. The highest BCUT2D eigenvalue weighted by Gasteiger charge is 1.86. The molecule has 0 unspecified atom stereocenters. The van der Waals surface area contributed by atoms with E-state index in [0.717, 1.165) is 22.9 Å². The van der Waals surface area contributed by atoms with Gasteiger partial charge in [0.15, 0.2) is 0 Å². The molecule has 0 spiro atoms. The Morgan fingerprint density at radius 3 is 1.57 bits per heavy atom. The summed E-state index contributed by atoms with van der Waals surface area (Å²) in [7, 11) is 0. The molecule has 0 saturated carbocycles. The third kappa shape index (κ3) is 6.63. The molecule has 0 bridgehead atoms. The van der Waals surface area contributed by atoms with E-state index < -0.39 is 0 Å². The third-order valence-electron chi connectivity index (χ3n) is 2.50. The Balaban J connectivity index is 1.54. The minimum atomic E-state index is 0.844. The Morgan fingerprint density at radius 2 is 1.14 bits per heavy atom. The van der Waals surface area contributed by atoms with Crippen LogP contribution in [0.1, 0.15) is 0 Å². The van der Waals surface area contributed by atoms with Gasteiger partial charge in [-0.05, 0) is 24.3 Å². The second-order valence-electron chi connectivity index (χ2n) is 4.12. The molecule has 0 atom stereocenters. The van der Waals surface area contributed by atoms with Crippen molar-refractivity contribution in [1.29, 1.82) is 0 Å². The van der Waals surface area contributed by atoms with Crippen LogP contribution in [0.25, 0.3) is 0 Å². The van der Waals surface area contributed by atoms with Crippen LogP contribution in [-0.2, 0) is 0 Å². The van der Waals surface area contributed by atoms with Gasteiger partial charge in [-0.25, -0.2) is 0 Å².